The number of nitrogens with zero attached hydrogens (tertiary/aromatic N) is 13. The van der Waals surface area contributed by atoms with Gasteiger partial charge in [0, 0.05) is 80.3 Å². The molecule has 0 atom stereocenters. The number of aryl methyl sites for hydroxylation is 2. The minimum atomic E-state index is -0.942. The molecule has 8 heterocycles. The van der Waals surface area contributed by atoms with Crippen molar-refractivity contribution in [2.45, 2.75) is 64.8 Å². The predicted molar refractivity (Wildman–Crippen MR) is 393 cm³/mol. The van der Waals surface area contributed by atoms with E-state index in [0.717, 1.165) is 83.1 Å². The van der Waals surface area contributed by atoms with Crippen molar-refractivity contribution in [3.05, 3.63) is 275 Å². The van der Waals surface area contributed by atoms with Crippen LogP contribution in [0.2, 0.25) is 0 Å². The number of morpholine rings is 1. The van der Waals surface area contributed by atoms with Gasteiger partial charge in [-0.05, 0) is 139 Å². The van der Waals surface area contributed by atoms with Crippen LogP contribution >= 0.6 is 0 Å². The number of carbonyl (C=O) groups is 2. The Balaban J connectivity index is 0.000000148. The summed E-state index contributed by atoms with van der Waals surface area (Å²) in [5.74, 6) is 0.141. The van der Waals surface area contributed by atoms with Crippen molar-refractivity contribution < 1.29 is 38.1 Å². The van der Waals surface area contributed by atoms with E-state index in [9.17, 15) is 23.5 Å². The van der Waals surface area contributed by atoms with E-state index in [1.54, 1.807) is 94.9 Å². The number of halogens is 2. The summed E-state index contributed by atoms with van der Waals surface area (Å²) in [4.78, 5) is 57.3. The van der Waals surface area contributed by atoms with E-state index in [1.807, 2.05) is 71.6 Å². The number of hydrogen-bond donors (Lipinski definition) is 5. The van der Waals surface area contributed by atoms with Gasteiger partial charge in [-0.25, -0.2) is 52.8 Å². The second-order valence-electron chi connectivity index (χ2n) is 24.5. The first kappa shape index (κ1) is 70.5. The summed E-state index contributed by atoms with van der Waals surface area (Å²) in [7, 11) is 0. The lowest BCUT2D eigenvalue weighted by molar-refractivity contribution is -0.137. The largest absolute Gasteiger partial charge is 0.489 e. The van der Waals surface area contributed by atoms with Gasteiger partial charge in [0.15, 0.2) is 34.6 Å². The van der Waals surface area contributed by atoms with Gasteiger partial charge in [0.2, 0.25) is 0 Å². The van der Waals surface area contributed by atoms with Crippen LogP contribution in [0.4, 0.5) is 31.9 Å². The summed E-state index contributed by atoms with van der Waals surface area (Å²) in [6.45, 7) is 5.66. The quantitative estimate of drug-likeness (QED) is 0.0332. The molecule has 13 aromatic rings. The molecule has 6 aromatic carbocycles. The van der Waals surface area contributed by atoms with Crippen molar-refractivity contribution in [1.29, 1.82) is 0 Å². The first-order chi connectivity index (χ1) is 50.3. The maximum atomic E-state index is 14.2. The number of anilines is 4. The summed E-state index contributed by atoms with van der Waals surface area (Å²) in [6.07, 6.45) is 12.7. The molecular formula is C79H76F2N16O6. The molecule has 0 unspecified atom stereocenters. The fourth-order valence-electron chi connectivity index (χ4n) is 12.0. The maximum absolute atomic E-state index is 14.2. The average Bonchev–Trinajstić information content (AvgIpc) is 1.66. The van der Waals surface area contributed by atoms with Crippen LogP contribution in [0.15, 0.2) is 219 Å². The molecule has 0 amide bonds. The summed E-state index contributed by atoms with van der Waals surface area (Å²) in [6, 6.07) is 58.4. The van der Waals surface area contributed by atoms with Crippen LogP contribution in [0.25, 0.3) is 56.2 Å². The maximum Gasteiger partial charge on any atom is 0.335 e. The molecule has 22 nitrogen and oxygen atoms in total. The van der Waals surface area contributed by atoms with Crippen LogP contribution < -0.4 is 26.8 Å². The average molecular weight is 1380 g/mol. The van der Waals surface area contributed by atoms with Crippen LogP contribution in [0.1, 0.15) is 68.6 Å². The molecule has 1 saturated heterocycles. The Morgan fingerprint density at radius 3 is 1.67 bits per heavy atom. The number of rotatable bonds is 25. The number of aliphatic carboxylic acids is 1. The van der Waals surface area contributed by atoms with Gasteiger partial charge < -0.3 is 41.8 Å². The van der Waals surface area contributed by atoms with Crippen molar-refractivity contribution >= 4 is 57.1 Å². The lowest BCUT2D eigenvalue weighted by Gasteiger charge is -2.29. The summed E-state index contributed by atoms with van der Waals surface area (Å²) >= 11 is 0. The second-order valence-corrected chi connectivity index (χ2v) is 24.5. The number of pyridine rings is 3. The van der Waals surface area contributed by atoms with E-state index < -0.39 is 11.9 Å². The van der Waals surface area contributed by atoms with Crippen LogP contribution in [0.3, 0.4) is 0 Å². The van der Waals surface area contributed by atoms with Crippen molar-refractivity contribution in [3.8, 4) is 39.9 Å². The van der Waals surface area contributed by atoms with Crippen molar-refractivity contribution in [1.82, 2.24) is 59.3 Å². The van der Waals surface area contributed by atoms with E-state index in [1.165, 1.54) is 23.3 Å². The second kappa shape index (κ2) is 34.1. The normalized spacial score (nSPS) is 12.0. The van der Waals surface area contributed by atoms with Gasteiger partial charge in [0.25, 0.3) is 0 Å². The molecule has 7 aromatic heterocycles. The first-order valence-corrected chi connectivity index (χ1v) is 33.8. The standard InChI is InChI=1S/C36H39NO5.C22H16FN7.C21H21FN8O/c38-35(39)12-6-7-24-37(26-30-19-21-33(22-20-30)36(40)41)25-23-32-10-4-5-11-34(32)42-27-31-17-15-29(16-18-31)14-13-28-8-2-1-3-9-28;23-18-6-2-1-4-15(18)13-30-22-16(5-3-9-26-22)19(29-30)21-27-12-17(20(24)28-21)14-7-10-25-11-8-14;22-15-6-2-1-4-13(15)12-30-21-14(5-3-7-25-21)16(28-30)20-26-18(23)17(19(24)27-20)29-8-10-31-11-9-29/h1-5,8-11,15-22H,6-7,12-14,23-27H2,(H,38,39)(H,40,41);1-12H,13H2,(H2,24,27,28);1-7H,8-12H2,(H4,23,24,26,27). The van der Waals surface area contributed by atoms with Crippen molar-refractivity contribution in [2.24, 2.45) is 0 Å². The fourth-order valence-corrected chi connectivity index (χ4v) is 12.0. The molecule has 1 fully saturated rings. The van der Waals surface area contributed by atoms with Crippen LogP contribution in [0, 0.1) is 11.6 Å². The topological polar surface area (TPSA) is 303 Å². The molecule has 0 saturated carbocycles. The summed E-state index contributed by atoms with van der Waals surface area (Å²) in [5.41, 5.74) is 30.4. The zero-order valence-electron chi connectivity index (χ0n) is 56.4. The molecule has 1 aliphatic rings. The Morgan fingerprint density at radius 2 is 1.08 bits per heavy atom. The Kier molecular flexibility index (Phi) is 23.3. The minimum absolute atomic E-state index is 0.159. The van der Waals surface area contributed by atoms with Gasteiger partial charge in [-0.2, -0.15) is 10.2 Å². The third-order valence-electron chi connectivity index (χ3n) is 17.4. The Bertz CT molecular complexity index is 4980. The minimum Gasteiger partial charge on any atom is -0.489 e. The van der Waals surface area contributed by atoms with E-state index in [-0.39, 0.29) is 48.3 Å². The lowest BCUT2D eigenvalue weighted by Crippen LogP contribution is -2.37. The molecule has 8 N–H and O–H groups in total. The molecular weight excluding hydrogens is 1310 g/mol. The van der Waals surface area contributed by atoms with Gasteiger partial charge in [0.05, 0.1) is 42.6 Å². The first-order valence-electron chi connectivity index (χ1n) is 33.8. The molecule has 1 aliphatic heterocycles. The van der Waals surface area contributed by atoms with E-state index >= 15 is 0 Å². The lowest BCUT2D eigenvalue weighted by atomic mass is 10.0. The number of ether oxygens (including phenoxy) is 2. The number of aromatic carboxylic acids is 1. The highest BCUT2D eigenvalue weighted by atomic mass is 19.1. The summed E-state index contributed by atoms with van der Waals surface area (Å²) < 4.78 is 43.3. The number of nitrogens with two attached hydrogens (primary N) is 3. The number of hydrogen-bond acceptors (Lipinski definition) is 18. The van der Waals surface area contributed by atoms with Gasteiger partial charge in [-0.3, -0.25) is 14.7 Å². The smallest absolute Gasteiger partial charge is 0.335 e. The third kappa shape index (κ3) is 18.3. The van der Waals surface area contributed by atoms with E-state index in [2.05, 4.69) is 105 Å². The van der Waals surface area contributed by atoms with Crippen LogP contribution in [-0.2, 0) is 55.0 Å². The molecule has 0 bridgehead atoms. The van der Waals surface area contributed by atoms with E-state index in [4.69, 9.17) is 31.8 Å². The summed E-state index contributed by atoms with van der Waals surface area (Å²) in [5, 5.41) is 29.0. The van der Waals surface area contributed by atoms with Crippen LogP contribution in [0.5, 0.6) is 5.75 Å². The molecule has 0 radical (unpaired) electrons. The van der Waals surface area contributed by atoms with Gasteiger partial charge in [0.1, 0.15) is 46.9 Å². The highest BCUT2D eigenvalue weighted by Crippen LogP contribution is 2.34. The molecule has 0 aliphatic carbocycles. The molecule has 24 heteroatoms. The van der Waals surface area contributed by atoms with E-state index in [0.29, 0.717) is 103 Å². The number of carboxylic acid groups (broad SMARTS) is 2. The van der Waals surface area contributed by atoms with Gasteiger partial charge >= 0.3 is 11.9 Å². The Labute approximate surface area is 593 Å². The van der Waals surface area contributed by atoms with Gasteiger partial charge in [-0.15, -0.1) is 0 Å². The molecule has 522 valence electrons. The Hall–Kier alpha value is -12.4. The third-order valence-corrected chi connectivity index (χ3v) is 17.4. The number of unbranched alkanes of at least 4 members (excludes halogenated alkanes) is 1. The number of aromatic nitrogens is 11. The number of para-hydroxylation sites is 1. The fraction of sp³-hybridized carbons (Fsp3) is 0.203. The van der Waals surface area contributed by atoms with Crippen molar-refractivity contribution in [3.63, 3.8) is 0 Å². The number of carboxylic acids is 2. The van der Waals surface area contributed by atoms with Crippen molar-refractivity contribution in [2.75, 3.05) is 61.5 Å². The van der Waals surface area contributed by atoms with Crippen LogP contribution in [-0.4, -0.2) is 121 Å². The number of nitrogen functional groups attached to an aromatic ring is 3. The monoisotopic (exact) mass is 1380 g/mol. The highest BCUT2D eigenvalue weighted by molar-refractivity contribution is 5.92. The SMILES string of the molecule is Nc1nc(-c2nn(Cc3ccccc3F)c3ncccc23)nc(N)c1N1CCOCC1.Nc1nc(-c2nn(Cc3ccccc3F)c3ncccc23)ncc1-c1ccncc1.O=C(O)CCCCN(CCc1ccccc1OCc1ccc(CCc2ccccc2)cc1)Cc1ccc(C(=O)O)cc1. The molecule has 103 heavy (non-hydrogen) atoms. The molecule has 14 rings (SSSR count). The highest BCUT2D eigenvalue weighted by Gasteiger charge is 2.24. The number of fused-ring (bicyclic) bond motifs is 2. The predicted octanol–water partition coefficient (Wildman–Crippen LogP) is 12.8. The zero-order valence-corrected chi connectivity index (χ0v) is 56.4. The van der Waals surface area contributed by atoms with Gasteiger partial charge in [-0.1, -0.05) is 121 Å². The number of benzene rings is 6. The zero-order chi connectivity index (χ0) is 71.4. The molecule has 0 spiro atoms. The Morgan fingerprint density at radius 1 is 0.534 bits per heavy atom.